The number of aryl methyl sites for hydroxylation is 1. The maximum atomic E-state index is 13.5. The molecule has 2 aromatic carbocycles. The van der Waals surface area contributed by atoms with E-state index < -0.39 is 0 Å². The molecule has 88 valence electrons. The van der Waals surface area contributed by atoms with E-state index in [9.17, 15) is 8.78 Å². The number of benzene rings is 2. The number of anilines is 1. The predicted molar refractivity (Wildman–Crippen MR) is 64.9 cm³/mol. The van der Waals surface area contributed by atoms with Gasteiger partial charge in [-0.2, -0.15) is 0 Å². The predicted octanol–water partition coefficient (Wildman–Crippen LogP) is 3.89. The van der Waals surface area contributed by atoms with Crippen molar-refractivity contribution >= 4 is 5.69 Å². The Balaban J connectivity index is 2.10. The van der Waals surface area contributed by atoms with Gasteiger partial charge in [0, 0.05) is 12.1 Å². The van der Waals surface area contributed by atoms with Crippen molar-refractivity contribution in [1.29, 1.82) is 0 Å². The molecule has 0 saturated carbocycles. The van der Waals surface area contributed by atoms with E-state index in [0.29, 0.717) is 11.3 Å². The lowest BCUT2D eigenvalue weighted by atomic mass is 10.2. The van der Waals surface area contributed by atoms with E-state index >= 15 is 0 Å². The molecule has 2 aromatic rings. The normalized spacial score (nSPS) is 10.3. The van der Waals surface area contributed by atoms with E-state index in [1.165, 1.54) is 12.1 Å². The summed E-state index contributed by atoms with van der Waals surface area (Å²) in [6.45, 7) is 2.09. The quantitative estimate of drug-likeness (QED) is 0.848. The van der Waals surface area contributed by atoms with Gasteiger partial charge in [0.15, 0.2) is 0 Å². The van der Waals surface area contributed by atoms with Crippen LogP contribution in [0.2, 0.25) is 0 Å². The molecule has 0 bridgehead atoms. The Morgan fingerprint density at radius 3 is 2.47 bits per heavy atom. The Morgan fingerprint density at radius 1 is 1.00 bits per heavy atom. The Labute approximate surface area is 99.1 Å². The third-order valence-electron chi connectivity index (χ3n) is 2.55. The molecule has 0 aromatic heterocycles. The highest BCUT2D eigenvalue weighted by atomic mass is 19.1. The zero-order valence-electron chi connectivity index (χ0n) is 9.50. The molecular formula is C14H13F2N. The largest absolute Gasteiger partial charge is 0.378 e. The Hall–Kier alpha value is -1.90. The Morgan fingerprint density at radius 2 is 1.76 bits per heavy atom. The minimum absolute atomic E-state index is 0.270. The highest BCUT2D eigenvalue weighted by molar-refractivity contribution is 5.46. The lowest BCUT2D eigenvalue weighted by molar-refractivity contribution is 0.610. The first-order chi connectivity index (χ1) is 8.16. The molecule has 1 N–H and O–H groups in total. The van der Waals surface area contributed by atoms with E-state index in [4.69, 9.17) is 0 Å². The van der Waals surface area contributed by atoms with Crippen LogP contribution in [0, 0.1) is 18.6 Å². The summed E-state index contributed by atoms with van der Waals surface area (Å²) >= 11 is 0. The van der Waals surface area contributed by atoms with Crippen LogP contribution in [-0.4, -0.2) is 0 Å². The number of hydrogen-bond donors (Lipinski definition) is 1. The van der Waals surface area contributed by atoms with Crippen molar-refractivity contribution in [3.8, 4) is 0 Å². The van der Waals surface area contributed by atoms with Crippen molar-refractivity contribution in [2.45, 2.75) is 13.5 Å². The molecule has 0 radical (unpaired) electrons. The number of hydrogen-bond acceptors (Lipinski definition) is 1. The molecule has 0 aliphatic heterocycles. The van der Waals surface area contributed by atoms with Gasteiger partial charge in [0.25, 0.3) is 0 Å². The van der Waals surface area contributed by atoms with Crippen molar-refractivity contribution < 1.29 is 8.78 Å². The van der Waals surface area contributed by atoms with Crippen LogP contribution in [0.5, 0.6) is 0 Å². The Kier molecular flexibility index (Phi) is 3.38. The molecule has 1 nitrogen and oxygen atoms in total. The highest BCUT2D eigenvalue weighted by Crippen LogP contribution is 2.17. The van der Waals surface area contributed by atoms with Gasteiger partial charge < -0.3 is 5.32 Å². The van der Waals surface area contributed by atoms with Gasteiger partial charge in [0.05, 0.1) is 5.69 Å². The van der Waals surface area contributed by atoms with Crippen LogP contribution in [0.4, 0.5) is 14.5 Å². The molecule has 0 aliphatic carbocycles. The zero-order chi connectivity index (χ0) is 12.3. The SMILES string of the molecule is Cc1ccc(NCc2ccccc2F)c(F)c1. The van der Waals surface area contributed by atoms with E-state index in [-0.39, 0.29) is 18.2 Å². The molecule has 3 heteroatoms. The summed E-state index contributed by atoms with van der Waals surface area (Å²) in [5.74, 6) is -0.603. The fourth-order valence-corrected chi connectivity index (χ4v) is 1.60. The van der Waals surface area contributed by atoms with Crippen molar-refractivity contribution in [3.63, 3.8) is 0 Å². The third kappa shape index (κ3) is 2.81. The van der Waals surface area contributed by atoms with Crippen molar-refractivity contribution in [2.75, 3.05) is 5.32 Å². The molecule has 0 spiro atoms. The van der Waals surface area contributed by atoms with Crippen molar-refractivity contribution in [3.05, 3.63) is 65.2 Å². The van der Waals surface area contributed by atoms with Crippen molar-refractivity contribution in [1.82, 2.24) is 0 Å². The molecule has 2 rings (SSSR count). The Bertz CT molecular complexity index is 523. The van der Waals surface area contributed by atoms with Gasteiger partial charge >= 0.3 is 0 Å². The number of rotatable bonds is 3. The van der Waals surface area contributed by atoms with Crippen LogP contribution in [0.25, 0.3) is 0 Å². The summed E-state index contributed by atoms with van der Waals surface area (Å²) in [6.07, 6.45) is 0. The standard InChI is InChI=1S/C14H13F2N/c1-10-6-7-14(13(16)8-10)17-9-11-4-2-3-5-12(11)15/h2-8,17H,9H2,1H3. The van der Waals surface area contributed by atoms with E-state index in [2.05, 4.69) is 5.32 Å². The summed E-state index contributed by atoms with van der Waals surface area (Å²) in [5, 5.41) is 2.88. The molecule has 0 atom stereocenters. The van der Waals surface area contributed by atoms with E-state index in [1.807, 2.05) is 13.0 Å². The average molecular weight is 233 g/mol. The van der Waals surface area contributed by atoms with Gasteiger partial charge in [-0.3, -0.25) is 0 Å². The van der Waals surface area contributed by atoms with Crippen LogP contribution >= 0.6 is 0 Å². The topological polar surface area (TPSA) is 12.0 Å². The molecule has 0 aliphatic rings. The molecule has 0 heterocycles. The molecule has 0 fully saturated rings. The smallest absolute Gasteiger partial charge is 0.146 e. The molecule has 0 amide bonds. The third-order valence-corrected chi connectivity index (χ3v) is 2.55. The minimum atomic E-state index is -0.318. The molecule has 0 saturated heterocycles. The van der Waals surface area contributed by atoms with E-state index in [1.54, 1.807) is 24.3 Å². The zero-order valence-corrected chi connectivity index (χ0v) is 9.50. The van der Waals surface area contributed by atoms with Gasteiger partial charge in [0.1, 0.15) is 11.6 Å². The highest BCUT2D eigenvalue weighted by Gasteiger charge is 2.04. The lowest BCUT2D eigenvalue weighted by Gasteiger charge is -2.08. The van der Waals surface area contributed by atoms with Gasteiger partial charge in [-0.25, -0.2) is 8.78 Å². The summed E-state index contributed by atoms with van der Waals surface area (Å²) in [4.78, 5) is 0. The summed E-state index contributed by atoms with van der Waals surface area (Å²) in [7, 11) is 0. The molecule has 0 unspecified atom stereocenters. The van der Waals surface area contributed by atoms with Crippen LogP contribution < -0.4 is 5.32 Å². The second-order valence-corrected chi connectivity index (χ2v) is 3.93. The first kappa shape index (κ1) is 11.6. The van der Waals surface area contributed by atoms with Crippen LogP contribution in [0.3, 0.4) is 0 Å². The number of halogens is 2. The number of nitrogens with one attached hydrogen (secondary N) is 1. The van der Waals surface area contributed by atoms with Gasteiger partial charge in [-0.1, -0.05) is 24.3 Å². The second kappa shape index (κ2) is 4.95. The maximum Gasteiger partial charge on any atom is 0.146 e. The van der Waals surface area contributed by atoms with Gasteiger partial charge in [-0.05, 0) is 30.7 Å². The summed E-state index contributed by atoms with van der Waals surface area (Å²) in [6, 6.07) is 11.4. The summed E-state index contributed by atoms with van der Waals surface area (Å²) in [5.41, 5.74) is 1.77. The van der Waals surface area contributed by atoms with Crippen LogP contribution in [-0.2, 0) is 6.54 Å². The first-order valence-electron chi connectivity index (χ1n) is 5.40. The molecular weight excluding hydrogens is 220 g/mol. The fraction of sp³-hybridized carbons (Fsp3) is 0.143. The fourth-order valence-electron chi connectivity index (χ4n) is 1.60. The average Bonchev–Trinajstić information content (AvgIpc) is 2.30. The first-order valence-corrected chi connectivity index (χ1v) is 5.40. The van der Waals surface area contributed by atoms with Gasteiger partial charge in [-0.15, -0.1) is 0 Å². The minimum Gasteiger partial charge on any atom is -0.378 e. The van der Waals surface area contributed by atoms with E-state index in [0.717, 1.165) is 5.56 Å². The maximum absolute atomic E-state index is 13.5. The van der Waals surface area contributed by atoms with Crippen molar-refractivity contribution in [2.24, 2.45) is 0 Å². The lowest BCUT2D eigenvalue weighted by Crippen LogP contribution is -2.03. The van der Waals surface area contributed by atoms with Crippen LogP contribution in [0.15, 0.2) is 42.5 Å². The monoisotopic (exact) mass is 233 g/mol. The van der Waals surface area contributed by atoms with Crippen LogP contribution in [0.1, 0.15) is 11.1 Å². The second-order valence-electron chi connectivity index (χ2n) is 3.93. The summed E-state index contributed by atoms with van der Waals surface area (Å²) < 4.78 is 26.8. The molecule has 17 heavy (non-hydrogen) atoms. The van der Waals surface area contributed by atoms with Gasteiger partial charge in [0.2, 0.25) is 0 Å².